The number of nitrogens with zero attached hydrogens (tertiary/aromatic N) is 1. The first-order chi connectivity index (χ1) is 7.77. The summed E-state index contributed by atoms with van der Waals surface area (Å²) in [7, 11) is 0. The quantitative estimate of drug-likeness (QED) is 0.788. The zero-order valence-electron chi connectivity index (χ0n) is 8.57. The molecule has 16 heavy (non-hydrogen) atoms. The fraction of sp³-hybridized carbons (Fsp3) is 0.400. The largest absolute Gasteiger partial charge is 0.378 e. The topological polar surface area (TPSA) is 63.2 Å². The Balaban J connectivity index is 1.99. The van der Waals surface area contributed by atoms with Crippen LogP contribution in [0, 0.1) is 0 Å². The average molecular weight is 286 g/mol. The van der Waals surface area contributed by atoms with Crippen LogP contribution in [0.4, 0.5) is 5.69 Å². The molecule has 0 bridgehead atoms. The van der Waals surface area contributed by atoms with Crippen LogP contribution in [0.1, 0.15) is 0 Å². The maximum atomic E-state index is 11.8. The molecule has 1 fully saturated rings. The maximum Gasteiger partial charge on any atom is 0.243 e. The van der Waals surface area contributed by atoms with Crippen molar-refractivity contribution in [1.29, 1.82) is 0 Å². The molecular weight excluding hydrogens is 274 g/mol. The lowest BCUT2D eigenvalue weighted by Gasteiger charge is -2.22. The molecule has 2 N–H and O–H groups in total. The molecule has 1 aromatic rings. The molecule has 1 aliphatic rings. The lowest BCUT2D eigenvalue weighted by Crippen LogP contribution is -2.48. The van der Waals surface area contributed by atoms with Gasteiger partial charge < -0.3 is 15.4 Å². The minimum Gasteiger partial charge on any atom is -0.378 e. The summed E-state index contributed by atoms with van der Waals surface area (Å²) >= 11 is 3.27. The van der Waals surface area contributed by atoms with Gasteiger partial charge in [-0.1, -0.05) is 0 Å². The highest BCUT2D eigenvalue weighted by atomic mass is 79.9. The van der Waals surface area contributed by atoms with Crippen molar-refractivity contribution in [2.45, 2.75) is 6.04 Å². The van der Waals surface area contributed by atoms with E-state index in [4.69, 9.17) is 4.74 Å². The molecule has 5 nitrogen and oxygen atoms in total. The van der Waals surface area contributed by atoms with Gasteiger partial charge in [0.2, 0.25) is 5.91 Å². The van der Waals surface area contributed by atoms with Crippen LogP contribution in [0.5, 0.6) is 0 Å². The fourth-order valence-corrected chi connectivity index (χ4v) is 1.78. The summed E-state index contributed by atoms with van der Waals surface area (Å²) in [6.45, 7) is 1.76. The molecule has 1 amide bonds. The van der Waals surface area contributed by atoms with Crippen LogP contribution in [0.25, 0.3) is 0 Å². The Bertz CT molecular complexity index is 380. The fourth-order valence-electron chi connectivity index (χ4n) is 1.43. The zero-order valence-corrected chi connectivity index (χ0v) is 10.2. The first-order valence-corrected chi connectivity index (χ1v) is 5.79. The van der Waals surface area contributed by atoms with Crippen LogP contribution in [-0.4, -0.2) is 36.7 Å². The van der Waals surface area contributed by atoms with Crippen LogP contribution in [-0.2, 0) is 9.53 Å². The van der Waals surface area contributed by atoms with Gasteiger partial charge in [-0.3, -0.25) is 4.79 Å². The number of halogens is 1. The first-order valence-electron chi connectivity index (χ1n) is 5.00. The highest BCUT2D eigenvalue weighted by molar-refractivity contribution is 9.10. The summed E-state index contributed by atoms with van der Waals surface area (Å²) in [6.07, 6.45) is 1.65. The summed E-state index contributed by atoms with van der Waals surface area (Å²) in [5.74, 6) is -0.103. The van der Waals surface area contributed by atoms with Crippen LogP contribution < -0.4 is 10.6 Å². The molecule has 0 spiro atoms. The summed E-state index contributed by atoms with van der Waals surface area (Å²) in [5.41, 5.74) is 0.667. The van der Waals surface area contributed by atoms with Gasteiger partial charge in [0.25, 0.3) is 0 Å². The van der Waals surface area contributed by atoms with Crippen molar-refractivity contribution in [1.82, 2.24) is 10.3 Å². The van der Waals surface area contributed by atoms with Crippen LogP contribution in [0.2, 0.25) is 0 Å². The van der Waals surface area contributed by atoms with Gasteiger partial charge in [-0.15, -0.1) is 0 Å². The predicted molar refractivity (Wildman–Crippen MR) is 63.2 cm³/mol. The lowest BCUT2D eigenvalue weighted by atomic mass is 10.2. The second kappa shape index (κ2) is 5.38. The standard InChI is InChI=1S/C10H12BrN3O2/c11-9-7(2-1-3-13-9)14-10(15)8-6-16-5-4-12-8/h1-3,8,12H,4-6H2,(H,14,15). The molecule has 2 rings (SSSR count). The third-order valence-corrected chi connectivity index (χ3v) is 2.89. The molecule has 1 unspecified atom stereocenters. The summed E-state index contributed by atoms with van der Waals surface area (Å²) in [4.78, 5) is 15.8. The van der Waals surface area contributed by atoms with E-state index in [0.29, 0.717) is 30.0 Å². The third-order valence-electron chi connectivity index (χ3n) is 2.26. The molecule has 0 aromatic carbocycles. The number of amides is 1. The van der Waals surface area contributed by atoms with Crippen molar-refractivity contribution in [2.75, 3.05) is 25.1 Å². The Morgan fingerprint density at radius 3 is 3.25 bits per heavy atom. The van der Waals surface area contributed by atoms with Crippen LogP contribution in [0.15, 0.2) is 22.9 Å². The third kappa shape index (κ3) is 2.78. The molecule has 6 heteroatoms. The number of hydrogen-bond donors (Lipinski definition) is 2. The highest BCUT2D eigenvalue weighted by Gasteiger charge is 2.21. The number of aromatic nitrogens is 1. The molecule has 1 saturated heterocycles. The van der Waals surface area contributed by atoms with E-state index in [1.807, 2.05) is 0 Å². The summed E-state index contributed by atoms with van der Waals surface area (Å²) in [5, 5.41) is 5.87. The van der Waals surface area contributed by atoms with E-state index in [0.717, 1.165) is 0 Å². The van der Waals surface area contributed by atoms with E-state index in [2.05, 4.69) is 31.5 Å². The monoisotopic (exact) mass is 285 g/mol. The van der Waals surface area contributed by atoms with Gasteiger partial charge in [0.05, 0.1) is 18.9 Å². The van der Waals surface area contributed by atoms with Crippen molar-refractivity contribution >= 4 is 27.5 Å². The van der Waals surface area contributed by atoms with E-state index in [-0.39, 0.29) is 11.9 Å². The van der Waals surface area contributed by atoms with Crippen molar-refractivity contribution < 1.29 is 9.53 Å². The Labute approximate surface area is 102 Å². The van der Waals surface area contributed by atoms with E-state index in [1.54, 1.807) is 18.3 Å². The smallest absolute Gasteiger partial charge is 0.243 e. The van der Waals surface area contributed by atoms with Gasteiger partial charge in [-0.2, -0.15) is 0 Å². The number of rotatable bonds is 2. The van der Waals surface area contributed by atoms with Gasteiger partial charge in [0, 0.05) is 12.7 Å². The summed E-state index contributed by atoms with van der Waals surface area (Å²) in [6, 6.07) is 3.27. The van der Waals surface area contributed by atoms with Gasteiger partial charge in [0.15, 0.2) is 0 Å². The first kappa shape index (κ1) is 11.5. The second-order valence-corrected chi connectivity index (χ2v) is 4.16. The van der Waals surface area contributed by atoms with Crippen molar-refractivity contribution in [2.24, 2.45) is 0 Å². The molecule has 1 aliphatic heterocycles. The average Bonchev–Trinajstić information content (AvgIpc) is 2.33. The Kier molecular flexibility index (Phi) is 3.87. The number of carbonyl (C=O) groups excluding carboxylic acids is 1. The molecule has 0 saturated carbocycles. The number of pyridine rings is 1. The minimum absolute atomic E-state index is 0.103. The number of morpholine rings is 1. The van der Waals surface area contributed by atoms with Gasteiger partial charge in [0.1, 0.15) is 10.6 Å². The minimum atomic E-state index is -0.291. The molecule has 1 aromatic heterocycles. The number of anilines is 1. The Morgan fingerprint density at radius 2 is 2.56 bits per heavy atom. The SMILES string of the molecule is O=C(Nc1cccnc1Br)C1COCCN1. The molecule has 0 radical (unpaired) electrons. The zero-order chi connectivity index (χ0) is 11.4. The van der Waals surface area contributed by atoms with Gasteiger partial charge in [-0.25, -0.2) is 4.98 Å². The molecule has 86 valence electrons. The van der Waals surface area contributed by atoms with Crippen LogP contribution in [0.3, 0.4) is 0 Å². The van der Waals surface area contributed by atoms with E-state index in [1.165, 1.54) is 0 Å². The Hall–Kier alpha value is -0.980. The van der Waals surface area contributed by atoms with Crippen molar-refractivity contribution in [3.05, 3.63) is 22.9 Å². The van der Waals surface area contributed by atoms with Crippen molar-refractivity contribution in [3.8, 4) is 0 Å². The number of carbonyl (C=O) groups is 1. The van der Waals surface area contributed by atoms with Gasteiger partial charge >= 0.3 is 0 Å². The van der Waals surface area contributed by atoms with Gasteiger partial charge in [-0.05, 0) is 28.1 Å². The number of ether oxygens (including phenoxy) is 1. The van der Waals surface area contributed by atoms with E-state index in [9.17, 15) is 4.79 Å². The number of hydrogen-bond acceptors (Lipinski definition) is 4. The molecule has 1 atom stereocenters. The van der Waals surface area contributed by atoms with Crippen LogP contribution >= 0.6 is 15.9 Å². The lowest BCUT2D eigenvalue weighted by molar-refractivity contribution is -0.120. The van der Waals surface area contributed by atoms with E-state index >= 15 is 0 Å². The predicted octanol–water partition coefficient (Wildman–Crippen LogP) is 0.771. The maximum absolute atomic E-state index is 11.8. The Morgan fingerprint density at radius 1 is 1.69 bits per heavy atom. The number of nitrogens with one attached hydrogen (secondary N) is 2. The normalized spacial score (nSPS) is 20.4. The molecular formula is C10H12BrN3O2. The molecule has 2 heterocycles. The highest BCUT2D eigenvalue weighted by Crippen LogP contribution is 2.18. The second-order valence-electron chi connectivity index (χ2n) is 3.41. The van der Waals surface area contributed by atoms with E-state index < -0.39 is 0 Å². The van der Waals surface area contributed by atoms with Crippen molar-refractivity contribution in [3.63, 3.8) is 0 Å². The molecule has 0 aliphatic carbocycles. The summed E-state index contributed by atoms with van der Waals surface area (Å²) < 4.78 is 5.85.